The van der Waals surface area contributed by atoms with Crippen LogP contribution in [0, 0.1) is 0 Å². The van der Waals surface area contributed by atoms with Crippen LogP contribution in [-0.4, -0.2) is 84.3 Å². The number of nitrogens with two attached hydrogens (primary N) is 1. The number of imidazole rings is 1. The molecule has 1 aromatic heterocycles. The number of aliphatic hydroxyl groups is 2. The van der Waals surface area contributed by atoms with Gasteiger partial charge in [0, 0.05) is 11.9 Å². The van der Waals surface area contributed by atoms with E-state index in [0.717, 1.165) is 0 Å². The van der Waals surface area contributed by atoms with Gasteiger partial charge in [0.2, 0.25) is 0 Å². The van der Waals surface area contributed by atoms with Gasteiger partial charge in [0.1, 0.15) is 29.5 Å². The molecule has 1 aliphatic rings. The topological polar surface area (TPSA) is 186 Å². The fourth-order valence-electron chi connectivity index (χ4n) is 2.82. The number of carbonyl (C=O) groups is 3. The van der Waals surface area contributed by atoms with Crippen LogP contribution in [0.25, 0.3) is 0 Å². The average molecular weight is 461 g/mol. The predicted molar refractivity (Wildman–Crippen MR) is 109 cm³/mol. The van der Waals surface area contributed by atoms with Crippen molar-refractivity contribution in [3.05, 3.63) is 18.2 Å². The highest BCUT2D eigenvalue weighted by Crippen LogP contribution is 2.31. The molecule has 2 amide bonds. The number of nitrogens with zero attached hydrogens (tertiary/aromatic N) is 2. The van der Waals surface area contributed by atoms with Crippen molar-refractivity contribution in [2.75, 3.05) is 11.5 Å². The van der Waals surface area contributed by atoms with Gasteiger partial charge in [0.15, 0.2) is 6.23 Å². The highest BCUT2D eigenvalue weighted by molar-refractivity contribution is 7.99. The second-order valence-electron chi connectivity index (χ2n) is 8.02. The van der Waals surface area contributed by atoms with Crippen molar-refractivity contribution in [3.63, 3.8) is 0 Å². The van der Waals surface area contributed by atoms with Crippen LogP contribution in [0.2, 0.25) is 0 Å². The van der Waals surface area contributed by atoms with E-state index in [0.29, 0.717) is 5.75 Å². The number of hydrogen-bond acceptors (Lipinski definition) is 9. The standard InChI is InChI=1S/C18H28N4O8S/c1-18(2,3)30-17(28)21-9(16(26)27)4-5-31-7-11-12(23)13(24)15(29-11)22-6-10(14(19)25)20-8-22/h6,8-9,11-13,15,23-24H,4-5,7H2,1-3H3,(H2,19,25)(H,21,28)(H,26,27)/t9-,11-,12-,13-,15-/m1/s1. The first-order valence-electron chi connectivity index (χ1n) is 9.54. The van der Waals surface area contributed by atoms with E-state index in [-0.39, 0.29) is 17.9 Å². The Balaban J connectivity index is 1.83. The number of rotatable bonds is 9. The van der Waals surface area contributed by atoms with E-state index in [4.69, 9.17) is 15.2 Å². The molecule has 5 atom stereocenters. The predicted octanol–water partition coefficient (Wildman–Crippen LogP) is -0.298. The zero-order chi connectivity index (χ0) is 23.3. The number of carboxylic acid groups (broad SMARTS) is 1. The van der Waals surface area contributed by atoms with Gasteiger partial charge in [0.05, 0.1) is 12.4 Å². The third-order valence-corrected chi connectivity index (χ3v) is 5.40. The average Bonchev–Trinajstić information content (AvgIpc) is 3.23. The molecule has 0 aliphatic carbocycles. The fraction of sp³-hybridized carbons (Fsp3) is 0.667. The number of hydrogen-bond donors (Lipinski definition) is 5. The summed E-state index contributed by atoms with van der Waals surface area (Å²) in [6.45, 7) is 5.02. The third-order valence-electron chi connectivity index (χ3n) is 4.31. The summed E-state index contributed by atoms with van der Waals surface area (Å²) in [7, 11) is 0. The molecule has 174 valence electrons. The van der Waals surface area contributed by atoms with Crippen molar-refractivity contribution in [1.29, 1.82) is 0 Å². The van der Waals surface area contributed by atoms with E-state index < -0.39 is 54.2 Å². The lowest BCUT2D eigenvalue weighted by molar-refractivity contribution is -0.139. The Labute approximate surface area is 183 Å². The number of carbonyl (C=O) groups excluding carboxylic acids is 2. The molecular formula is C18H28N4O8S. The molecule has 1 fully saturated rings. The van der Waals surface area contributed by atoms with Crippen LogP contribution >= 0.6 is 11.8 Å². The van der Waals surface area contributed by atoms with Crippen LogP contribution in [0.1, 0.15) is 43.9 Å². The first kappa shape index (κ1) is 24.9. The number of amides is 2. The number of alkyl carbamates (subject to hydrolysis) is 1. The largest absolute Gasteiger partial charge is 0.480 e. The minimum atomic E-state index is -1.25. The highest BCUT2D eigenvalue weighted by atomic mass is 32.2. The molecule has 6 N–H and O–H groups in total. The molecular weight excluding hydrogens is 432 g/mol. The Hall–Kier alpha value is -2.35. The lowest BCUT2D eigenvalue weighted by Gasteiger charge is -2.22. The Morgan fingerprint density at radius 2 is 2.03 bits per heavy atom. The normalized spacial score (nSPS) is 24.5. The van der Waals surface area contributed by atoms with Gasteiger partial charge in [-0.15, -0.1) is 0 Å². The van der Waals surface area contributed by atoms with Gasteiger partial charge >= 0.3 is 12.1 Å². The molecule has 0 aromatic carbocycles. The Morgan fingerprint density at radius 3 is 2.58 bits per heavy atom. The first-order chi connectivity index (χ1) is 14.4. The maximum absolute atomic E-state index is 11.8. The zero-order valence-corrected chi connectivity index (χ0v) is 18.2. The molecule has 2 heterocycles. The molecule has 12 nitrogen and oxygen atoms in total. The van der Waals surface area contributed by atoms with Crippen LogP contribution in [0.3, 0.4) is 0 Å². The number of aliphatic hydroxyl groups excluding tert-OH is 2. The van der Waals surface area contributed by atoms with Crippen LogP contribution in [-0.2, 0) is 14.3 Å². The fourth-order valence-corrected chi connectivity index (χ4v) is 3.90. The second-order valence-corrected chi connectivity index (χ2v) is 9.17. The van der Waals surface area contributed by atoms with Crippen molar-refractivity contribution in [2.24, 2.45) is 5.73 Å². The van der Waals surface area contributed by atoms with E-state index in [2.05, 4.69) is 10.3 Å². The van der Waals surface area contributed by atoms with E-state index >= 15 is 0 Å². The van der Waals surface area contributed by atoms with Gasteiger partial charge in [-0.05, 0) is 32.9 Å². The summed E-state index contributed by atoms with van der Waals surface area (Å²) in [6.07, 6.45) is -2.21. The molecule has 0 spiro atoms. The second kappa shape index (κ2) is 10.3. The minimum Gasteiger partial charge on any atom is -0.480 e. The van der Waals surface area contributed by atoms with Gasteiger partial charge in [-0.1, -0.05) is 0 Å². The smallest absolute Gasteiger partial charge is 0.408 e. The van der Waals surface area contributed by atoms with Gasteiger partial charge in [-0.2, -0.15) is 11.8 Å². The van der Waals surface area contributed by atoms with Crippen molar-refractivity contribution in [1.82, 2.24) is 14.9 Å². The molecule has 0 radical (unpaired) electrons. The minimum absolute atomic E-state index is 0.000291. The lowest BCUT2D eigenvalue weighted by Crippen LogP contribution is -2.43. The monoisotopic (exact) mass is 460 g/mol. The maximum atomic E-state index is 11.8. The summed E-state index contributed by atoms with van der Waals surface area (Å²) in [5.74, 6) is -1.31. The van der Waals surface area contributed by atoms with Gasteiger partial charge < -0.3 is 40.4 Å². The zero-order valence-electron chi connectivity index (χ0n) is 17.4. The number of ether oxygens (including phenoxy) is 2. The molecule has 13 heteroatoms. The summed E-state index contributed by atoms with van der Waals surface area (Å²) in [6, 6.07) is -1.13. The van der Waals surface area contributed by atoms with Crippen LogP contribution in [0.5, 0.6) is 0 Å². The lowest BCUT2D eigenvalue weighted by atomic mass is 10.1. The van der Waals surface area contributed by atoms with Crippen molar-refractivity contribution in [2.45, 2.75) is 63.4 Å². The van der Waals surface area contributed by atoms with E-state index in [1.165, 1.54) is 28.9 Å². The summed E-state index contributed by atoms with van der Waals surface area (Å²) >= 11 is 1.30. The highest BCUT2D eigenvalue weighted by Gasteiger charge is 2.43. The molecule has 31 heavy (non-hydrogen) atoms. The molecule has 0 bridgehead atoms. The molecule has 0 saturated carbocycles. The van der Waals surface area contributed by atoms with Crippen LogP contribution in [0.4, 0.5) is 4.79 Å². The molecule has 2 rings (SSSR count). The molecule has 1 aromatic rings. The van der Waals surface area contributed by atoms with Gasteiger partial charge in [-0.25, -0.2) is 14.6 Å². The first-order valence-corrected chi connectivity index (χ1v) is 10.7. The molecule has 1 saturated heterocycles. The number of aliphatic carboxylic acids is 1. The summed E-state index contributed by atoms with van der Waals surface area (Å²) < 4.78 is 12.1. The third kappa shape index (κ3) is 7.09. The summed E-state index contributed by atoms with van der Waals surface area (Å²) in [4.78, 5) is 38.1. The summed E-state index contributed by atoms with van der Waals surface area (Å²) in [5.41, 5.74) is 4.41. The Bertz CT molecular complexity index is 796. The van der Waals surface area contributed by atoms with Crippen LogP contribution in [0.15, 0.2) is 12.5 Å². The number of carboxylic acids is 1. The number of thioether (sulfide) groups is 1. The SMILES string of the molecule is CC(C)(C)OC(=O)N[C@H](CCSC[C@H]1O[C@@H](n2cnc(C(N)=O)c2)[C@H](O)[C@@H]1O)C(=O)O. The van der Waals surface area contributed by atoms with E-state index in [9.17, 15) is 29.7 Å². The van der Waals surface area contributed by atoms with E-state index in [1.807, 2.05) is 0 Å². The quantitative estimate of drug-likeness (QED) is 0.306. The van der Waals surface area contributed by atoms with Gasteiger partial charge in [-0.3, -0.25) is 4.79 Å². The van der Waals surface area contributed by atoms with Crippen molar-refractivity contribution < 1.29 is 39.2 Å². The number of primary amides is 1. The van der Waals surface area contributed by atoms with Crippen molar-refractivity contribution in [3.8, 4) is 0 Å². The van der Waals surface area contributed by atoms with E-state index in [1.54, 1.807) is 20.8 Å². The Morgan fingerprint density at radius 1 is 1.35 bits per heavy atom. The van der Waals surface area contributed by atoms with Crippen LogP contribution < -0.4 is 11.1 Å². The molecule has 0 unspecified atom stereocenters. The summed E-state index contributed by atoms with van der Waals surface area (Å²) in [5, 5.41) is 32.1. The number of nitrogens with one attached hydrogen (secondary N) is 1. The maximum Gasteiger partial charge on any atom is 0.408 e. The Kier molecular flexibility index (Phi) is 8.28. The molecule has 1 aliphatic heterocycles. The number of aromatic nitrogens is 2. The van der Waals surface area contributed by atoms with Gasteiger partial charge in [0.25, 0.3) is 5.91 Å². The van der Waals surface area contributed by atoms with Crippen molar-refractivity contribution >= 4 is 29.7 Å².